The molecular weight excluding hydrogens is 214 g/mol. The molecule has 1 aliphatic heterocycles. The number of rotatable bonds is 3. The quantitative estimate of drug-likeness (QED) is 0.766. The van der Waals surface area contributed by atoms with Gasteiger partial charge in [0, 0.05) is 0 Å². The fourth-order valence-corrected chi connectivity index (χ4v) is 3.38. The van der Waals surface area contributed by atoms with E-state index in [2.05, 4.69) is 19.2 Å². The lowest BCUT2D eigenvalue weighted by atomic mass is 9.75. The number of carbonyl (C=O) groups is 2. The Kier molecular flexibility index (Phi) is 3.85. The Hall–Kier alpha value is -0.860. The zero-order valence-corrected chi connectivity index (χ0v) is 10.9. The second kappa shape index (κ2) is 5.19. The number of Topliss-reactive ketones (excluding diaryl/α,β-unsaturated/α-hetero) is 1. The van der Waals surface area contributed by atoms with Crippen LogP contribution >= 0.6 is 0 Å². The second-order valence-corrected chi connectivity index (χ2v) is 6.10. The molecule has 17 heavy (non-hydrogen) atoms. The Balaban J connectivity index is 1.83. The monoisotopic (exact) mass is 237 g/mol. The molecule has 3 heteroatoms. The van der Waals surface area contributed by atoms with Gasteiger partial charge in [-0.15, -0.1) is 0 Å². The van der Waals surface area contributed by atoms with Gasteiger partial charge in [0.2, 0.25) is 5.91 Å². The summed E-state index contributed by atoms with van der Waals surface area (Å²) in [6.07, 6.45) is 6.07. The van der Waals surface area contributed by atoms with Crippen LogP contribution in [0.1, 0.15) is 52.4 Å². The van der Waals surface area contributed by atoms with Gasteiger partial charge in [0.05, 0.1) is 12.5 Å². The van der Waals surface area contributed by atoms with Crippen molar-refractivity contribution >= 4 is 11.7 Å². The molecule has 0 radical (unpaired) electrons. The highest BCUT2D eigenvalue weighted by molar-refractivity contribution is 6.07. The smallest absolute Gasteiger partial charge is 0.228 e. The Bertz CT molecular complexity index is 303. The van der Waals surface area contributed by atoms with Gasteiger partial charge in [0.25, 0.3) is 0 Å². The van der Waals surface area contributed by atoms with Crippen LogP contribution in [0.25, 0.3) is 0 Å². The zero-order chi connectivity index (χ0) is 12.4. The Morgan fingerprint density at radius 1 is 1.18 bits per heavy atom. The minimum atomic E-state index is -0.164. The molecule has 1 N–H and O–H groups in total. The highest BCUT2D eigenvalue weighted by Gasteiger charge is 2.37. The summed E-state index contributed by atoms with van der Waals surface area (Å²) in [5, 5.41) is 2.84. The standard InChI is InChI=1S/C14H23NO2/c1-9(2)7-10-3-5-11(6-4-10)14-12(16)8-13(17)15-14/h9-11,14H,3-8H2,1-2H3,(H,15,17). The molecule has 1 saturated carbocycles. The van der Waals surface area contributed by atoms with Crippen LogP contribution in [-0.4, -0.2) is 17.7 Å². The lowest BCUT2D eigenvalue weighted by molar-refractivity contribution is -0.122. The molecule has 0 bridgehead atoms. The molecule has 2 aliphatic rings. The number of hydrogen-bond acceptors (Lipinski definition) is 2. The second-order valence-electron chi connectivity index (χ2n) is 6.10. The molecule has 96 valence electrons. The summed E-state index contributed by atoms with van der Waals surface area (Å²) < 4.78 is 0. The topological polar surface area (TPSA) is 46.2 Å². The van der Waals surface area contributed by atoms with E-state index in [0.717, 1.165) is 24.7 Å². The third-order valence-electron chi connectivity index (χ3n) is 4.17. The molecule has 0 spiro atoms. The van der Waals surface area contributed by atoms with Crippen LogP contribution < -0.4 is 5.32 Å². The van der Waals surface area contributed by atoms with Gasteiger partial charge in [-0.2, -0.15) is 0 Å². The molecule has 1 heterocycles. The summed E-state index contributed by atoms with van der Waals surface area (Å²) in [4.78, 5) is 22.8. The molecular formula is C14H23NO2. The third-order valence-corrected chi connectivity index (χ3v) is 4.17. The summed E-state index contributed by atoms with van der Waals surface area (Å²) in [6, 6.07) is -0.164. The maximum Gasteiger partial charge on any atom is 0.228 e. The van der Waals surface area contributed by atoms with Crippen molar-refractivity contribution in [2.45, 2.75) is 58.4 Å². The van der Waals surface area contributed by atoms with Crippen molar-refractivity contribution in [1.82, 2.24) is 5.32 Å². The van der Waals surface area contributed by atoms with Gasteiger partial charge in [-0.1, -0.05) is 26.7 Å². The first kappa shape index (κ1) is 12.6. The van der Waals surface area contributed by atoms with E-state index in [9.17, 15) is 9.59 Å². The largest absolute Gasteiger partial charge is 0.346 e. The van der Waals surface area contributed by atoms with E-state index in [1.807, 2.05) is 0 Å². The molecule has 1 saturated heterocycles. The summed E-state index contributed by atoms with van der Waals surface area (Å²) in [5.74, 6) is 2.03. The van der Waals surface area contributed by atoms with Crippen molar-refractivity contribution in [1.29, 1.82) is 0 Å². The fraction of sp³-hybridized carbons (Fsp3) is 0.857. The minimum Gasteiger partial charge on any atom is -0.346 e. The molecule has 1 amide bonds. The summed E-state index contributed by atoms with van der Waals surface area (Å²) in [7, 11) is 0. The van der Waals surface area contributed by atoms with Gasteiger partial charge in [-0.25, -0.2) is 0 Å². The van der Waals surface area contributed by atoms with Crippen LogP contribution in [-0.2, 0) is 9.59 Å². The van der Waals surface area contributed by atoms with Crippen LogP contribution in [0.3, 0.4) is 0 Å². The van der Waals surface area contributed by atoms with E-state index < -0.39 is 0 Å². The molecule has 1 atom stereocenters. The third kappa shape index (κ3) is 3.08. The van der Waals surface area contributed by atoms with Crippen molar-refractivity contribution in [3.8, 4) is 0 Å². The van der Waals surface area contributed by atoms with E-state index in [1.165, 1.54) is 19.3 Å². The molecule has 1 aliphatic carbocycles. The predicted octanol–water partition coefficient (Wildman–Crippen LogP) is 2.30. The fourth-order valence-electron chi connectivity index (χ4n) is 3.38. The van der Waals surface area contributed by atoms with Gasteiger partial charge in [0.1, 0.15) is 0 Å². The first-order chi connectivity index (χ1) is 8.06. The predicted molar refractivity (Wildman–Crippen MR) is 66.5 cm³/mol. The minimum absolute atomic E-state index is 0.0793. The number of nitrogens with one attached hydrogen (secondary N) is 1. The van der Waals surface area contributed by atoms with Gasteiger partial charge >= 0.3 is 0 Å². The number of hydrogen-bond donors (Lipinski definition) is 1. The van der Waals surface area contributed by atoms with Crippen LogP contribution in [0, 0.1) is 17.8 Å². The average molecular weight is 237 g/mol. The summed E-state index contributed by atoms with van der Waals surface area (Å²) in [6.45, 7) is 4.54. The average Bonchev–Trinajstić information content (AvgIpc) is 2.58. The highest BCUT2D eigenvalue weighted by atomic mass is 16.2. The zero-order valence-electron chi connectivity index (χ0n) is 10.9. The van der Waals surface area contributed by atoms with Crippen molar-refractivity contribution in [2.24, 2.45) is 17.8 Å². The normalized spacial score (nSPS) is 34.2. The van der Waals surface area contributed by atoms with Crippen molar-refractivity contribution in [2.75, 3.05) is 0 Å². The van der Waals surface area contributed by atoms with Crippen LogP contribution in [0.4, 0.5) is 0 Å². The van der Waals surface area contributed by atoms with E-state index in [1.54, 1.807) is 0 Å². The molecule has 1 unspecified atom stereocenters. The van der Waals surface area contributed by atoms with E-state index in [0.29, 0.717) is 5.92 Å². The first-order valence-electron chi connectivity index (χ1n) is 6.88. The lowest BCUT2D eigenvalue weighted by Crippen LogP contribution is -2.38. The van der Waals surface area contributed by atoms with Crippen LogP contribution in [0.15, 0.2) is 0 Å². The van der Waals surface area contributed by atoms with Gasteiger partial charge in [-0.3, -0.25) is 9.59 Å². The van der Waals surface area contributed by atoms with Crippen molar-refractivity contribution in [3.63, 3.8) is 0 Å². The Morgan fingerprint density at radius 2 is 1.82 bits per heavy atom. The first-order valence-corrected chi connectivity index (χ1v) is 6.88. The molecule has 2 fully saturated rings. The molecule has 0 aromatic rings. The van der Waals surface area contributed by atoms with Crippen molar-refractivity contribution in [3.05, 3.63) is 0 Å². The Labute approximate surface area is 103 Å². The molecule has 3 nitrogen and oxygen atoms in total. The van der Waals surface area contributed by atoms with Gasteiger partial charge < -0.3 is 5.32 Å². The summed E-state index contributed by atoms with van der Waals surface area (Å²) in [5.41, 5.74) is 0. The van der Waals surface area contributed by atoms with E-state index >= 15 is 0 Å². The number of carbonyl (C=O) groups excluding carboxylic acids is 2. The highest BCUT2D eigenvalue weighted by Crippen LogP contribution is 2.35. The van der Waals surface area contributed by atoms with Crippen LogP contribution in [0.2, 0.25) is 0 Å². The Morgan fingerprint density at radius 3 is 2.29 bits per heavy atom. The van der Waals surface area contributed by atoms with E-state index in [4.69, 9.17) is 0 Å². The lowest BCUT2D eigenvalue weighted by Gasteiger charge is -2.32. The summed E-state index contributed by atoms with van der Waals surface area (Å²) >= 11 is 0. The molecule has 2 rings (SSSR count). The maximum atomic E-state index is 11.7. The van der Waals surface area contributed by atoms with Gasteiger partial charge in [0.15, 0.2) is 5.78 Å². The van der Waals surface area contributed by atoms with E-state index in [-0.39, 0.29) is 24.2 Å². The number of amides is 1. The van der Waals surface area contributed by atoms with Crippen LogP contribution in [0.5, 0.6) is 0 Å². The molecule has 0 aromatic carbocycles. The SMILES string of the molecule is CC(C)CC1CCC(C2NC(=O)CC2=O)CC1. The maximum absolute atomic E-state index is 11.7. The molecule has 0 aromatic heterocycles. The van der Waals surface area contributed by atoms with Crippen molar-refractivity contribution < 1.29 is 9.59 Å². The van der Waals surface area contributed by atoms with Gasteiger partial charge in [-0.05, 0) is 37.0 Å². The number of ketones is 1.